The van der Waals surface area contributed by atoms with Crippen LogP contribution >= 0.6 is 11.6 Å². The predicted octanol–water partition coefficient (Wildman–Crippen LogP) is 1.38. The van der Waals surface area contributed by atoms with Crippen LogP contribution in [-0.2, 0) is 32.1 Å². The van der Waals surface area contributed by atoms with Gasteiger partial charge >= 0.3 is 5.97 Å². The van der Waals surface area contributed by atoms with Gasteiger partial charge in [0.15, 0.2) is 11.4 Å². The number of primary amides is 1. The molecule has 0 bridgehead atoms. The summed E-state index contributed by atoms with van der Waals surface area (Å²) in [6, 6.07) is 6.78. The molecular weight excluding hydrogens is 620 g/mol. The highest BCUT2D eigenvalue weighted by Gasteiger charge is 2.64. The number of Topliss-reactive ketones (excluding diaryl/α,β-unsaturated/α-hetero) is 2. The average Bonchev–Trinajstić information content (AvgIpc) is 2.96. The van der Waals surface area contributed by atoms with Crippen molar-refractivity contribution in [1.82, 2.24) is 10.2 Å². The smallest absolute Gasteiger partial charge is 0.325 e. The predicted molar refractivity (Wildman–Crippen MR) is 167 cm³/mol. The molecule has 0 spiro atoms. The van der Waals surface area contributed by atoms with Crippen molar-refractivity contribution >= 4 is 46.5 Å². The largest absolute Gasteiger partial charge is 0.508 e. The number of nitrogens with one attached hydrogen (secondary N) is 1. The fourth-order valence-electron chi connectivity index (χ4n) is 6.85. The molecule has 46 heavy (non-hydrogen) atoms. The van der Waals surface area contributed by atoms with E-state index in [-0.39, 0.29) is 42.8 Å². The number of nitrogens with two attached hydrogens (primary N) is 1. The van der Waals surface area contributed by atoms with Gasteiger partial charge in [-0.05, 0) is 68.8 Å². The van der Waals surface area contributed by atoms with Crippen LogP contribution in [0.3, 0.4) is 0 Å². The number of fused-ring (bicyclic) bond motifs is 3. The summed E-state index contributed by atoms with van der Waals surface area (Å²) in [6.45, 7) is -0.252. The minimum absolute atomic E-state index is 0.0154. The lowest BCUT2D eigenvalue weighted by molar-refractivity contribution is -0.153. The molecule has 14 heteroatoms. The number of amides is 1. The van der Waals surface area contributed by atoms with Crippen molar-refractivity contribution in [1.29, 1.82) is 0 Å². The maximum atomic E-state index is 14.1. The number of nitrogens with zero attached hydrogens (tertiary/aromatic N) is 2. The molecule has 3 aliphatic rings. The molecule has 0 aromatic heterocycles. The van der Waals surface area contributed by atoms with Gasteiger partial charge in [-0.3, -0.25) is 24.1 Å². The lowest BCUT2D eigenvalue weighted by Crippen LogP contribution is -2.65. The van der Waals surface area contributed by atoms with E-state index in [2.05, 4.69) is 5.32 Å². The number of likely N-dealkylation sites (N-methyl/N-ethyl adjacent to an activating group) is 1. The van der Waals surface area contributed by atoms with Crippen molar-refractivity contribution in [2.24, 2.45) is 17.6 Å². The van der Waals surface area contributed by atoms with Crippen molar-refractivity contribution in [3.63, 3.8) is 0 Å². The summed E-state index contributed by atoms with van der Waals surface area (Å²) < 4.78 is 5.27. The van der Waals surface area contributed by atoms with Crippen molar-refractivity contribution in [3.8, 4) is 11.5 Å². The second kappa shape index (κ2) is 12.1. The van der Waals surface area contributed by atoms with Gasteiger partial charge in [0.25, 0.3) is 5.91 Å². The number of hydrogen-bond acceptors (Lipinski definition) is 12. The van der Waals surface area contributed by atoms with Crippen molar-refractivity contribution in [3.05, 3.63) is 69.0 Å². The molecule has 13 nitrogen and oxygen atoms in total. The summed E-state index contributed by atoms with van der Waals surface area (Å²) in [6.07, 6.45) is 0.134. The Balaban J connectivity index is 1.52. The quantitative estimate of drug-likeness (QED) is 0.136. The summed E-state index contributed by atoms with van der Waals surface area (Å²) in [5, 5.41) is 49.3. The number of aromatic hydroxyl groups is 1. The molecule has 0 radical (unpaired) electrons. The Labute approximate surface area is 269 Å². The number of rotatable bonds is 8. The van der Waals surface area contributed by atoms with Gasteiger partial charge in [-0.1, -0.05) is 11.6 Å². The molecular formula is C32H35ClN4O9. The molecule has 0 heterocycles. The van der Waals surface area contributed by atoms with Crippen LogP contribution in [0.2, 0.25) is 5.02 Å². The zero-order chi connectivity index (χ0) is 33.8. The van der Waals surface area contributed by atoms with Crippen LogP contribution in [0.1, 0.15) is 23.1 Å². The Morgan fingerprint density at radius 1 is 1.11 bits per heavy atom. The minimum Gasteiger partial charge on any atom is -0.508 e. The van der Waals surface area contributed by atoms with E-state index in [9.17, 15) is 39.6 Å². The number of phenols is 1. The second-order valence-electron chi connectivity index (χ2n) is 12.1. The van der Waals surface area contributed by atoms with Gasteiger partial charge in [0.2, 0.25) is 5.78 Å². The van der Waals surface area contributed by atoms with Crippen molar-refractivity contribution in [2.75, 3.05) is 39.6 Å². The van der Waals surface area contributed by atoms with Gasteiger partial charge in [0.05, 0.1) is 18.2 Å². The first-order valence-corrected chi connectivity index (χ1v) is 14.8. The number of carbonyl (C=O) groups excluding carboxylic acids is 4. The third kappa shape index (κ3) is 5.28. The average molecular weight is 655 g/mol. The maximum absolute atomic E-state index is 14.1. The van der Waals surface area contributed by atoms with E-state index in [4.69, 9.17) is 22.1 Å². The number of hydrogen-bond donors (Lipinski definition) is 6. The monoisotopic (exact) mass is 654 g/mol. The van der Waals surface area contributed by atoms with Crippen LogP contribution in [0, 0.1) is 11.8 Å². The van der Waals surface area contributed by atoms with Gasteiger partial charge < -0.3 is 41.1 Å². The first-order valence-electron chi connectivity index (χ1n) is 14.5. The molecule has 0 aliphatic heterocycles. The molecule has 0 saturated heterocycles. The number of aliphatic hydroxyl groups is 3. The third-order valence-corrected chi connectivity index (χ3v) is 9.14. The lowest BCUT2D eigenvalue weighted by Gasteiger charge is -2.50. The molecule has 7 N–H and O–H groups in total. The van der Waals surface area contributed by atoms with Gasteiger partial charge in [-0.25, -0.2) is 0 Å². The SMILES string of the molecule is CN(C)c1cc(CNCC(=O)Oc2ccc(Cl)cc2)c(O)c2c1C[C@H]1C[C@H]3[C@H](N(C)C)C(=O)C(C(N)=O)=C(O)[C@@]3(O)C(=O)C1=C2O. The van der Waals surface area contributed by atoms with E-state index < -0.39 is 64.0 Å². The van der Waals surface area contributed by atoms with Gasteiger partial charge in [0, 0.05) is 48.4 Å². The first kappa shape index (κ1) is 32.9. The number of ketones is 2. The zero-order valence-corrected chi connectivity index (χ0v) is 26.4. The van der Waals surface area contributed by atoms with Gasteiger partial charge in [-0.2, -0.15) is 0 Å². The fraction of sp³-hybridized carbons (Fsp3) is 0.375. The van der Waals surface area contributed by atoms with Crippen LogP contribution in [0.15, 0.2) is 47.2 Å². The number of halogens is 1. The molecule has 2 aromatic carbocycles. The summed E-state index contributed by atoms with van der Waals surface area (Å²) in [5.74, 6) is -7.46. The zero-order valence-electron chi connectivity index (χ0n) is 25.6. The molecule has 5 rings (SSSR count). The molecule has 3 aliphatic carbocycles. The number of benzene rings is 2. The molecule has 4 atom stereocenters. The summed E-state index contributed by atoms with van der Waals surface area (Å²) in [5.41, 5.74) is 2.94. The van der Waals surface area contributed by atoms with E-state index in [1.807, 2.05) is 0 Å². The molecule has 2 aromatic rings. The normalized spacial score (nSPS) is 24.0. The van der Waals surface area contributed by atoms with Crippen molar-refractivity contribution in [2.45, 2.75) is 31.0 Å². The number of aliphatic hydroxyl groups excluding tert-OH is 2. The maximum Gasteiger partial charge on any atom is 0.325 e. The van der Waals surface area contributed by atoms with E-state index in [1.54, 1.807) is 63.4 Å². The molecule has 244 valence electrons. The molecule has 1 fully saturated rings. The molecule has 0 unspecified atom stereocenters. The number of ether oxygens (including phenoxy) is 1. The van der Waals surface area contributed by atoms with Gasteiger partial charge in [0.1, 0.15) is 28.6 Å². The highest BCUT2D eigenvalue weighted by atomic mass is 35.5. The van der Waals surface area contributed by atoms with Crippen LogP contribution in [0.5, 0.6) is 11.5 Å². The van der Waals surface area contributed by atoms with Crippen LogP contribution in [-0.4, -0.2) is 95.1 Å². The Hall–Kier alpha value is -4.43. The van der Waals surface area contributed by atoms with E-state index in [1.165, 1.54) is 4.90 Å². The van der Waals surface area contributed by atoms with Crippen molar-refractivity contribution < 1.29 is 44.3 Å². The summed E-state index contributed by atoms with van der Waals surface area (Å²) in [4.78, 5) is 55.2. The minimum atomic E-state index is -2.73. The third-order valence-electron chi connectivity index (χ3n) is 8.89. The second-order valence-corrected chi connectivity index (χ2v) is 12.6. The van der Waals surface area contributed by atoms with E-state index in [0.29, 0.717) is 27.6 Å². The topological polar surface area (TPSA) is 203 Å². The Bertz CT molecular complexity index is 1720. The molecule has 1 amide bonds. The highest BCUT2D eigenvalue weighted by molar-refractivity contribution is 6.30. The van der Waals surface area contributed by atoms with E-state index >= 15 is 0 Å². The lowest BCUT2D eigenvalue weighted by atomic mass is 9.57. The first-order chi connectivity index (χ1) is 21.6. The standard InChI is InChI=1S/C32H35ClN4O9/c1-36(2)20-11-15(12-35-13-21(38)46-17-7-5-16(33)6-8-17)26(39)23-18(20)9-14-10-19-25(37(3)4)28(41)24(31(34)44)30(43)32(19,45)29(42)22(14)27(23)40/h5-8,11,14,19,25,35,39-40,43,45H,9-10,12-13H2,1-4H3,(H2,34,44)/t14-,19-,25-,32-/m0/s1. The van der Waals surface area contributed by atoms with Gasteiger partial charge in [-0.15, -0.1) is 0 Å². The number of carbonyl (C=O) groups is 4. The van der Waals surface area contributed by atoms with E-state index in [0.717, 1.165) is 0 Å². The van der Waals surface area contributed by atoms with Crippen LogP contribution in [0.25, 0.3) is 5.76 Å². The summed E-state index contributed by atoms with van der Waals surface area (Å²) >= 11 is 5.86. The Morgan fingerprint density at radius 2 is 1.76 bits per heavy atom. The summed E-state index contributed by atoms with van der Waals surface area (Å²) in [7, 11) is 6.63. The number of anilines is 1. The molecule has 1 saturated carbocycles. The number of esters is 1. The highest BCUT2D eigenvalue weighted by Crippen LogP contribution is 2.54. The number of phenolic OH excluding ortho intramolecular Hbond substituents is 1. The van der Waals surface area contributed by atoms with Crippen LogP contribution in [0.4, 0.5) is 5.69 Å². The Kier molecular flexibility index (Phi) is 8.64. The fourth-order valence-corrected chi connectivity index (χ4v) is 6.98. The van der Waals surface area contributed by atoms with Crippen LogP contribution < -0.4 is 20.7 Å². The Morgan fingerprint density at radius 3 is 2.35 bits per heavy atom.